The first-order chi connectivity index (χ1) is 48.2. The predicted octanol–water partition coefficient (Wildman–Crippen LogP) is 22.3. The van der Waals surface area contributed by atoms with Crippen LogP contribution >= 0.6 is 15.6 Å². The molecule has 0 aromatic heterocycles. The van der Waals surface area contributed by atoms with E-state index in [0.717, 1.165) is 122 Å². The number of carbonyl (C=O) groups is 3. The number of unbranched alkanes of at least 4 members (excludes halogenated alkanes) is 27. The fourth-order valence-electron chi connectivity index (χ4n) is 9.98. The Morgan fingerprint density at radius 3 is 0.929 bits per heavy atom. The summed E-state index contributed by atoms with van der Waals surface area (Å²) in [7, 11) is -9.80. The molecule has 0 spiro atoms. The number of allylic oxidation sites excluding steroid dienone is 22. The van der Waals surface area contributed by atoms with E-state index in [1.807, 2.05) is 12.2 Å². The van der Waals surface area contributed by atoms with Gasteiger partial charge in [-0.3, -0.25) is 32.5 Å². The van der Waals surface area contributed by atoms with Crippen LogP contribution in [0.2, 0.25) is 0 Å². The molecule has 99 heavy (non-hydrogen) atoms. The van der Waals surface area contributed by atoms with Crippen molar-refractivity contribution in [1.29, 1.82) is 0 Å². The minimum absolute atomic E-state index is 0.0731. The van der Waals surface area contributed by atoms with Crippen LogP contribution in [-0.4, -0.2) is 95.9 Å². The number of carbonyl (C=O) groups excluding carboxylic acids is 3. The zero-order valence-corrected chi connectivity index (χ0v) is 63.7. The third-order valence-electron chi connectivity index (χ3n) is 15.8. The van der Waals surface area contributed by atoms with Crippen molar-refractivity contribution in [3.05, 3.63) is 134 Å². The monoisotopic (exact) mass is 1430 g/mol. The Balaban J connectivity index is 4.42. The molecule has 18 heteroatoms. The Kier molecular flexibility index (Phi) is 70.2. The first kappa shape index (κ1) is 94.7. The van der Waals surface area contributed by atoms with E-state index in [1.54, 1.807) is 0 Å². The highest BCUT2D eigenvalue weighted by molar-refractivity contribution is 7.47. The molecule has 0 fully saturated rings. The molecule has 0 aliphatic carbocycles. The van der Waals surface area contributed by atoms with Crippen molar-refractivity contribution in [3.63, 3.8) is 0 Å². The summed E-state index contributed by atoms with van der Waals surface area (Å²) in [6.07, 6.45) is 88.3. The standard InChI is InChI=1S/C81H138O16P2/c1-4-7-10-13-16-19-22-25-27-29-30-31-32-33-34-35-36-37-38-39-40-41-42-43-44-46-48-50-52-55-58-61-64-67-79(84)91-70-76(82)71-93-98(87,88)94-72-77(83)73-95-99(89,90)96-75-78(97-81(86)69-66-63-60-57-54-49-24-21-18-15-12-9-6-3)74-92-80(85)68-65-62-59-56-53-51-47-45-28-26-23-20-17-14-11-8-5-2/h8,11-12,15-17,19-21,24-28,30-31,33-34,47,51,56,59,76-78,82-83H,4-7,9-10,13-14,18,22-23,29,32,35-46,48-50,52-55,57-58,60-75H2,1-3H3,(H,87,88)(H,89,90)/b11-8-,15-12-,19-16-,20-17-,24-21-,27-25-,28-26-,31-30-,34-33-,51-47-,59-56-. The van der Waals surface area contributed by atoms with E-state index in [-0.39, 0.29) is 19.3 Å². The van der Waals surface area contributed by atoms with Crippen LogP contribution in [0.4, 0.5) is 0 Å². The molecular formula is C81H138O16P2. The largest absolute Gasteiger partial charge is 0.472 e. The lowest BCUT2D eigenvalue weighted by molar-refractivity contribution is -0.161. The second kappa shape index (κ2) is 73.4. The summed E-state index contributed by atoms with van der Waals surface area (Å²) in [5.41, 5.74) is 0. The third kappa shape index (κ3) is 74.7. The maximum absolute atomic E-state index is 12.9. The molecule has 0 rings (SSSR count). The molecule has 0 aromatic rings. The third-order valence-corrected chi connectivity index (χ3v) is 17.7. The minimum atomic E-state index is -4.94. The van der Waals surface area contributed by atoms with Gasteiger partial charge < -0.3 is 34.2 Å². The van der Waals surface area contributed by atoms with Gasteiger partial charge in [0.2, 0.25) is 0 Å². The van der Waals surface area contributed by atoms with Crippen LogP contribution in [0, 0.1) is 0 Å². The SMILES string of the molecule is CC/C=C\C/C=C\C/C=C\C/C=C\C/C=C\CCCC(=O)OCC(COP(=O)(O)OCC(O)COP(=O)(O)OCC(O)COC(=O)CCCCCCCCCCCCCCCCCCC/C=C\C/C=C\C/C=C\C/C=C\CCCCC)OC(=O)CCCCCCC/C=C\C/C=C\CCC. The van der Waals surface area contributed by atoms with Gasteiger partial charge in [0.05, 0.1) is 26.4 Å². The van der Waals surface area contributed by atoms with Crippen LogP contribution in [0.3, 0.4) is 0 Å². The first-order valence-electron chi connectivity index (χ1n) is 38.5. The average Bonchev–Trinajstić information content (AvgIpc) is 1.05. The molecule has 568 valence electrons. The second-order valence-corrected chi connectivity index (χ2v) is 28.3. The van der Waals surface area contributed by atoms with Gasteiger partial charge >= 0.3 is 33.6 Å². The Bertz CT molecular complexity index is 2330. The molecular weight excluding hydrogens is 1290 g/mol. The van der Waals surface area contributed by atoms with E-state index >= 15 is 0 Å². The van der Waals surface area contributed by atoms with Crippen molar-refractivity contribution in [2.45, 2.75) is 322 Å². The van der Waals surface area contributed by atoms with Gasteiger partial charge in [0.1, 0.15) is 25.4 Å². The van der Waals surface area contributed by atoms with Crippen LogP contribution in [0.1, 0.15) is 303 Å². The van der Waals surface area contributed by atoms with Crippen LogP contribution in [-0.2, 0) is 55.8 Å². The molecule has 16 nitrogen and oxygen atoms in total. The van der Waals surface area contributed by atoms with E-state index in [0.29, 0.717) is 25.7 Å². The second-order valence-electron chi connectivity index (χ2n) is 25.4. The number of phosphoric ester groups is 2. The van der Waals surface area contributed by atoms with E-state index in [9.17, 15) is 43.5 Å². The highest BCUT2D eigenvalue weighted by atomic mass is 31.2. The molecule has 0 aromatic carbocycles. The Morgan fingerprint density at radius 1 is 0.293 bits per heavy atom. The van der Waals surface area contributed by atoms with Crippen LogP contribution in [0.15, 0.2) is 134 Å². The lowest BCUT2D eigenvalue weighted by Gasteiger charge is -2.21. The summed E-state index contributed by atoms with van der Waals surface area (Å²) in [5.74, 6) is -1.66. The first-order valence-corrected chi connectivity index (χ1v) is 41.5. The van der Waals surface area contributed by atoms with Gasteiger partial charge in [-0.15, -0.1) is 0 Å². The summed E-state index contributed by atoms with van der Waals surface area (Å²) in [4.78, 5) is 58.4. The molecule has 0 saturated carbocycles. The molecule has 0 amide bonds. The lowest BCUT2D eigenvalue weighted by Crippen LogP contribution is -2.30. The van der Waals surface area contributed by atoms with Crippen molar-refractivity contribution < 1.29 is 75.8 Å². The molecule has 4 N–H and O–H groups in total. The van der Waals surface area contributed by atoms with Crippen molar-refractivity contribution in [3.8, 4) is 0 Å². The van der Waals surface area contributed by atoms with Crippen LogP contribution in [0.5, 0.6) is 0 Å². The zero-order valence-electron chi connectivity index (χ0n) is 61.9. The van der Waals surface area contributed by atoms with Crippen molar-refractivity contribution in [2.24, 2.45) is 0 Å². The lowest BCUT2D eigenvalue weighted by atomic mass is 10.0. The number of hydrogen-bond acceptors (Lipinski definition) is 14. The molecule has 5 unspecified atom stereocenters. The number of aliphatic hydroxyl groups is 2. The fourth-order valence-corrected chi connectivity index (χ4v) is 11.6. The average molecular weight is 1430 g/mol. The minimum Gasteiger partial charge on any atom is -0.463 e. The molecule has 0 saturated heterocycles. The summed E-state index contributed by atoms with van der Waals surface area (Å²) in [6.45, 7) is 2.38. The van der Waals surface area contributed by atoms with E-state index < -0.39 is 91.5 Å². The summed E-state index contributed by atoms with van der Waals surface area (Å²) < 4.78 is 60.9. The summed E-state index contributed by atoms with van der Waals surface area (Å²) in [6, 6.07) is 0. The van der Waals surface area contributed by atoms with Gasteiger partial charge in [0, 0.05) is 19.3 Å². The fraction of sp³-hybridized carbons (Fsp3) is 0.691. The summed E-state index contributed by atoms with van der Waals surface area (Å²) >= 11 is 0. The maximum atomic E-state index is 12.9. The van der Waals surface area contributed by atoms with Crippen molar-refractivity contribution in [1.82, 2.24) is 0 Å². The molecule has 0 aliphatic heterocycles. The summed E-state index contributed by atoms with van der Waals surface area (Å²) in [5, 5.41) is 20.6. The topological polar surface area (TPSA) is 231 Å². The van der Waals surface area contributed by atoms with Crippen LogP contribution in [0.25, 0.3) is 0 Å². The van der Waals surface area contributed by atoms with Gasteiger partial charge in [0.15, 0.2) is 6.10 Å². The Hall–Kier alpha value is -4.31. The van der Waals surface area contributed by atoms with Gasteiger partial charge in [0.25, 0.3) is 0 Å². The molecule has 0 radical (unpaired) electrons. The van der Waals surface area contributed by atoms with E-state index in [1.165, 1.54) is 116 Å². The Labute approximate surface area is 601 Å². The highest BCUT2D eigenvalue weighted by Gasteiger charge is 2.29. The van der Waals surface area contributed by atoms with Crippen molar-refractivity contribution in [2.75, 3.05) is 39.6 Å². The number of esters is 3. The van der Waals surface area contributed by atoms with E-state index in [2.05, 4.69) is 142 Å². The quantitative estimate of drug-likeness (QED) is 0.0146. The molecule has 0 bridgehead atoms. The highest BCUT2D eigenvalue weighted by Crippen LogP contribution is 2.45. The number of ether oxygens (including phenoxy) is 3. The van der Waals surface area contributed by atoms with Crippen LogP contribution < -0.4 is 0 Å². The maximum Gasteiger partial charge on any atom is 0.472 e. The normalized spacial score (nSPS) is 14.8. The number of phosphoric acid groups is 2. The van der Waals surface area contributed by atoms with Gasteiger partial charge in [-0.25, -0.2) is 9.13 Å². The smallest absolute Gasteiger partial charge is 0.463 e. The number of hydrogen-bond donors (Lipinski definition) is 4. The van der Waals surface area contributed by atoms with Gasteiger partial charge in [-0.05, 0) is 128 Å². The Morgan fingerprint density at radius 2 is 0.566 bits per heavy atom. The zero-order chi connectivity index (χ0) is 72.3. The van der Waals surface area contributed by atoms with Crippen molar-refractivity contribution >= 4 is 33.6 Å². The number of rotatable bonds is 72. The molecule has 5 atom stereocenters. The van der Waals surface area contributed by atoms with Gasteiger partial charge in [-0.2, -0.15) is 0 Å². The van der Waals surface area contributed by atoms with E-state index in [4.69, 9.17) is 32.3 Å². The molecule has 0 heterocycles. The van der Waals surface area contributed by atoms with Gasteiger partial charge in [-0.1, -0.05) is 289 Å². The predicted molar refractivity (Wildman–Crippen MR) is 408 cm³/mol. The number of aliphatic hydroxyl groups excluding tert-OH is 2. The molecule has 0 aliphatic rings.